The molecule has 0 radical (unpaired) electrons. The van der Waals surface area contributed by atoms with Crippen LogP contribution < -0.4 is 5.32 Å². The third-order valence-electron chi connectivity index (χ3n) is 4.36. The second-order valence-electron chi connectivity index (χ2n) is 6.11. The molecule has 1 amide bonds. The number of nitrogens with one attached hydrogen (secondary N) is 1. The molecule has 1 N–H and O–H groups in total. The van der Waals surface area contributed by atoms with E-state index in [0.717, 1.165) is 35.0 Å². The maximum Gasteiger partial charge on any atom is 0.222 e. The van der Waals surface area contributed by atoms with Crippen molar-refractivity contribution in [1.29, 1.82) is 5.26 Å². The number of carbonyl (C=O) groups excluding carboxylic acids is 1. The first-order valence-electron chi connectivity index (χ1n) is 7.75. The zero-order valence-electron chi connectivity index (χ0n) is 13.2. The largest absolute Gasteiger partial charge is 0.311 e. The molecular formula is C18H15N5O. The van der Waals surface area contributed by atoms with Crippen LogP contribution in [0.15, 0.2) is 42.7 Å². The Kier molecular flexibility index (Phi) is 3.10. The van der Waals surface area contributed by atoms with Gasteiger partial charge in [0.1, 0.15) is 5.82 Å². The summed E-state index contributed by atoms with van der Waals surface area (Å²) in [5.74, 6) is 0.322. The number of carbonyl (C=O) groups is 1. The SMILES string of the molecule is CC(=O)Nc1cc2c(cn1)cnn2-c1cccc(C2(C#N)CC2)c1. The van der Waals surface area contributed by atoms with Crippen LogP contribution in [0, 0.1) is 11.3 Å². The highest BCUT2D eigenvalue weighted by Crippen LogP contribution is 2.47. The van der Waals surface area contributed by atoms with Crippen molar-refractivity contribution < 1.29 is 4.79 Å². The van der Waals surface area contributed by atoms with E-state index >= 15 is 0 Å². The van der Waals surface area contributed by atoms with Crippen molar-refractivity contribution in [3.05, 3.63) is 48.3 Å². The van der Waals surface area contributed by atoms with E-state index in [9.17, 15) is 10.1 Å². The van der Waals surface area contributed by atoms with Gasteiger partial charge in [0.2, 0.25) is 5.91 Å². The summed E-state index contributed by atoms with van der Waals surface area (Å²) < 4.78 is 1.80. The molecule has 1 fully saturated rings. The van der Waals surface area contributed by atoms with Gasteiger partial charge in [0.15, 0.2) is 0 Å². The van der Waals surface area contributed by atoms with Gasteiger partial charge in [0.25, 0.3) is 0 Å². The van der Waals surface area contributed by atoms with Crippen LogP contribution in [0.25, 0.3) is 16.6 Å². The number of aromatic nitrogens is 3. The second kappa shape index (κ2) is 5.17. The predicted molar refractivity (Wildman–Crippen MR) is 89.7 cm³/mol. The van der Waals surface area contributed by atoms with Crippen LogP contribution in [0.4, 0.5) is 5.82 Å². The Labute approximate surface area is 138 Å². The summed E-state index contributed by atoms with van der Waals surface area (Å²) in [5.41, 5.74) is 2.45. The summed E-state index contributed by atoms with van der Waals surface area (Å²) in [6, 6.07) is 12.1. The number of hydrogen-bond acceptors (Lipinski definition) is 4. The average molecular weight is 317 g/mol. The molecule has 24 heavy (non-hydrogen) atoms. The molecule has 6 nitrogen and oxygen atoms in total. The van der Waals surface area contributed by atoms with Gasteiger partial charge in [-0.05, 0) is 30.5 Å². The Hall–Kier alpha value is -3.20. The van der Waals surface area contributed by atoms with Crippen molar-refractivity contribution >= 4 is 22.6 Å². The number of fused-ring (bicyclic) bond motifs is 1. The van der Waals surface area contributed by atoms with Gasteiger partial charge in [0.05, 0.1) is 28.9 Å². The fourth-order valence-corrected chi connectivity index (χ4v) is 2.90. The van der Waals surface area contributed by atoms with Crippen molar-refractivity contribution in [3.63, 3.8) is 0 Å². The number of nitriles is 1. The van der Waals surface area contributed by atoms with Gasteiger partial charge in [-0.25, -0.2) is 9.67 Å². The molecule has 1 aliphatic carbocycles. The van der Waals surface area contributed by atoms with Gasteiger partial charge in [0, 0.05) is 24.6 Å². The van der Waals surface area contributed by atoms with Crippen LogP contribution in [-0.4, -0.2) is 20.7 Å². The molecule has 118 valence electrons. The lowest BCUT2D eigenvalue weighted by molar-refractivity contribution is -0.114. The van der Waals surface area contributed by atoms with E-state index in [0.29, 0.717) is 5.82 Å². The number of rotatable bonds is 3. The third-order valence-corrected chi connectivity index (χ3v) is 4.36. The van der Waals surface area contributed by atoms with E-state index in [1.165, 1.54) is 6.92 Å². The fourth-order valence-electron chi connectivity index (χ4n) is 2.90. The molecule has 1 saturated carbocycles. The van der Waals surface area contributed by atoms with E-state index in [-0.39, 0.29) is 11.3 Å². The third kappa shape index (κ3) is 2.31. The van der Waals surface area contributed by atoms with Gasteiger partial charge < -0.3 is 5.32 Å². The first kappa shape index (κ1) is 14.4. The van der Waals surface area contributed by atoms with Crippen molar-refractivity contribution in [2.75, 3.05) is 5.32 Å². The van der Waals surface area contributed by atoms with Crippen LogP contribution in [-0.2, 0) is 10.2 Å². The number of amides is 1. The first-order chi connectivity index (χ1) is 11.6. The molecule has 1 aliphatic rings. The maximum absolute atomic E-state index is 11.2. The summed E-state index contributed by atoms with van der Waals surface area (Å²) in [4.78, 5) is 15.4. The lowest BCUT2D eigenvalue weighted by Gasteiger charge is -2.10. The quantitative estimate of drug-likeness (QED) is 0.805. The monoisotopic (exact) mass is 317 g/mol. The molecule has 0 spiro atoms. The number of hydrogen-bond donors (Lipinski definition) is 1. The molecule has 0 unspecified atom stereocenters. The normalized spacial score (nSPS) is 15.0. The minimum atomic E-state index is -0.331. The molecule has 0 saturated heterocycles. The molecule has 2 aromatic heterocycles. The van der Waals surface area contributed by atoms with Crippen LogP contribution >= 0.6 is 0 Å². The Morgan fingerprint density at radius 3 is 2.88 bits per heavy atom. The predicted octanol–water partition coefficient (Wildman–Crippen LogP) is 2.93. The average Bonchev–Trinajstić information content (AvgIpc) is 3.28. The summed E-state index contributed by atoms with van der Waals surface area (Å²) in [6.07, 6.45) is 5.24. The van der Waals surface area contributed by atoms with Crippen molar-refractivity contribution in [1.82, 2.24) is 14.8 Å². The second-order valence-corrected chi connectivity index (χ2v) is 6.11. The highest BCUT2D eigenvalue weighted by molar-refractivity contribution is 5.90. The van der Waals surface area contributed by atoms with Gasteiger partial charge in [-0.1, -0.05) is 12.1 Å². The van der Waals surface area contributed by atoms with E-state index in [1.807, 2.05) is 24.3 Å². The number of nitrogens with zero attached hydrogens (tertiary/aromatic N) is 4. The number of anilines is 1. The van der Waals surface area contributed by atoms with Crippen LogP contribution in [0.5, 0.6) is 0 Å². The zero-order chi connectivity index (χ0) is 16.7. The molecule has 3 aromatic rings. The van der Waals surface area contributed by atoms with Crippen LogP contribution in [0.1, 0.15) is 25.3 Å². The Bertz CT molecular complexity index is 994. The van der Waals surface area contributed by atoms with Crippen molar-refractivity contribution in [3.8, 4) is 11.8 Å². The molecule has 2 heterocycles. The van der Waals surface area contributed by atoms with Gasteiger partial charge in [-0.3, -0.25) is 4.79 Å². The molecular weight excluding hydrogens is 302 g/mol. The summed E-state index contributed by atoms with van der Waals surface area (Å²) in [6.45, 7) is 1.45. The van der Waals surface area contributed by atoms with Gasteiger partial charge in [-0.2, -0.15) is 10.4 Å². The van der Waals surface area contributed by atoms with Crippen molar-refractivity contribution in [2.24, 2.45) is 0 Å². The first-order valence-corrected chi connectivity index (χ1v) is 7.75. The zero-order valence-corrected chi connectivity index (χ0v) is 13.2. The standard InChI is InChI=1S/C18H15N5O/c1-12(24)22-17-8-16-13(9-20-17)10-21-23(16)15-4-2-3-14(7-15)18(11-19)5-6-18/h2-4,7-10H,5-6H2,1H3,(H,20,22,24). The Morgan fingerprint density at radius 2 is 2.17 bits per heavy atom. The summed E-state index contributed by atoms with van der Waals surface area (Å²) in [5, 5.41) is 17.4. The molecule has 0 bridgehead atoms. The topological polar surface area (TPSA) is 83.6 Å². The van der Waals surface area contributed by atoms with Crippen LogP contribution in [0.2, 0.25) is 0 Å². The molecule has 0 atom stereocenters. The van der Waals surface area contributed by atoms with Crippen LogP contribution in [0.3, 0.4) is 0 Å². The molecule has 4 rings (SSSR count). The smallest absolute Gasteiger partial charge is 0.222 e. The number of benzene rings is 1. The van der Waals surface area contributed by atoms with E-state index < -0.39 is 0 Å². The number of pyridine rings is 1. The Morgan fingerprint density at radius 1 is 1.33 bits per heavy atom. The van der Waals surface area contributed by atoms with Gasteiger partial charge in [-0.15, -0.1) is 0 Å². The Balaban J connectivity index is 1.81. The maximum atomic E-state index is 11.2. The lowest BCUT2D eigenvalue weighted by atomic mass is 9.97. The minimum Gasteiger partial charge on any atom is -0.311 e. The van der Waals surface area contributed by atoms with Crippen molar-refractivity contribution in [2.45, 2.75) is 25.2 Å². The van der Waals surface area contributed by atoms with E-state index in [4.69, 9.17) is 0 Å². The molecule has 1 aromatic carbocycles. The van der Waals surface area contributed by atoms with E-state index in [1.54, 1.807) is 23.1 Å². The molecule has 0 aliphatic heterocycles. The summed E-state index contributed by atoms with van der Waals surface area (Å²) in [7, 11) is 0. The van der Waals surface area contributed by atoms with E-state index in [2.05, 4.69) is 21.5 Å². The highest BCUT2D eigenvalue weighted by Gasteiger charge is 2.44. The lowest BCUT2D eigenvalue weighted by Crippen LogP contribution is -2.07. The summed E-state index contributed by atoms with van der Waals surface area (Å²) >= 11 is 0. The fraction of sp³-hybridized carbons (Fsp3) is 0.222. The molecule has 6 heteroatoms. The highest BCUT2D eigenvalue weighted by atomic mass is 16.1. The van der Waals surface area contributed by atoms with Gasteiger partial charge >= 0.3 is 0 Å². The minimum absolute atomic E-state index is 0.167.